The van der Waals surface area contributed by atoms with Gasteiger partial charge in [-0.2, -0.15) is 0 Å². The first-order valence-electron chi connectivity index (χ1n) is 11.6. The minimum atomic E-state index is -0.0301. The Balaban J connectivity index is 1.32. The molecule has 5 heteroatoms. The number of hydrogen-bond donors (Lipinski definition) is 0. The van der Waals surface area contributed by atoms with Crippen molar-refractivity contribution < 1.29 is 14.3 Å². The number of carbonyl (C=O) groups is 1. The second kappa shape index (κ2) is 9.28. The number of rotatable bonds is 6. The molecule has 3 aromatic rings. The van der Waals surface area contributed by atoms with Crippen LogP contribution in [-0.4, -0.2) is 61.6 Å². The van der Waals surface area contributed by atoms with Gasteiger partial charge in [0.15, 0.2) is 0 Å². The van der Waals surface area contributed by atoms with E-state index < -0.39 is 0 Å². The number of fused-ring (bicyclic) bond motifs is 2. The molecule has 2 heterocycles. The molecule has 0 saturated carbocycles. The van der Waals surface area contributed by atoms with Crippen LogP contribution in [-0.2, 0) is 6.42 Å². The van der Waals surface area contributed by atoms with Crippen LogP contribution in [0.25, 0.3) is 11.1 Å². The quantitative estimate of drug-likeness (QED) is 0.563. The van der Waals surface area contributed by atoms with Gasteiger partial charge in [0.2, 0.25) is 0 Å². The van der Waals surface area contributed by atoms with Crippen molar-refractivity contribution in [1.29, 1.82) is 0 Å². The SMILES string of the molecule is COc1cccc(-c2ccc3c(c2)O[C@H]2CN(CCCc4ccccc4)C[C@H]2N(C)C3=O)c1. The molecule has 0 aromatic heterocycles. The van der Waals surface area contributed by atoms with Gasteiger partial charge >= 0.3 is 0 Å². The van der Waals surface area contributed by atoms with Crippen molar-refractivity contribution in [2.45, 2.75) is 25.0 Å². The molecule has 2 atom stereocenters. The third-order valence-electron chi connectivity index (χ3n) is 6.81. The summed E-state index contributed by atoms with van der Waals surface area (Å²) in [4.78, 5) is 17.5. The van der Waals surface area contributed by atoms with Gasteiger partial charge in [-0.15, -0.1) is 0 Å². The molecule has 0 N–H and O–H groups in total. The highest BCUT2D eigenvalue weighted by Gasteiger charge is 2.42. The summed E-state index contributed by atoms with van der Waals surface area (Å²) in [6.45, 7) is 2.68. The monoisotopic (exact) mass is 442 g/mol. The van der Waals surface area contributed by atoms with Crippen LogP contribution in [0.15, 0.2) is 72.8 Å². The topological polar surface area (TPSA) is 42.0 Å². The summed E-state index contributed by atoms with van der Waals surface area (Å²) >= 11 is 0. The number of nitrogens with zero attached hydrogens (tertiary/aromatic N) is 2. The highest BCUT2D eigenvalue weighted by molar-refractivity contribution is 5.98. The van der Waals surface area contributed by atoms with E-state index in [1.807, 2.05) is 54.4 Å². The van der Waals surface area contributed by atoms with Gasteiger partial charge in [0.25, 0.3) is 5.91 Å². The zero-order valence-corrected chi connectivity index (χ0v) is 19.2. The maximum atomic E-state index is 13.2. The number of benzene rings is 3. The van der Waals surface area contributed by atoms with Crippen molar-refractivity contribution in [3.05, 3.63) is 83.9 Å². The van der Waals surface area contributed by atoms with Crippen LogP contribution < -0.4 is 9.47 Å². The number of likely N-dealkylation sites (tertiary alicyclic amines) is 1. The van der Waals surface area contributed by atoms with E-state index in [-0.39, 0.29) is 18.1 Å². The van der Waals surface area contributed by atoms with Crippen molar-refractivity contribution >= 4 is 5.91 Å². The van der Waals surface area contributed by atoms with Crippen LogP contribution in [0.4, 0.5) is 0 Å². The van der Waals surface area contributed by atoms with E-state index in [2.05, 4.69) is 35.2 Å². The number of ether oxygens (including phenoxy) is 2. The lowest BCUT2D eigenvalue weighted by Gasteiger charge is -2.25. The van der Waals surface area contributed by atoms with Crippen molar-refractivity contribution in [2.24, 2.45) is 0 Å². The Labute approximate surface area is 195 Å². The van der Waals surface area contributed by atoms with Gasteiger partial charge in [0, 0.05) is 20.1 Å². The molecule has 0 spiro atoms. The molecule has 1 amide bonds. The summed E-state index contributed by atoms with van der Waals surface area (Å²) in [5.41, 5.74) is 4.05. The van der Waals surface area contributed by atoms with E-state index in [9.17, 15) is 4.79 Å². The molecule has 5 nitrogen and oxygen atoms in total. The number of likely N-dealkylation sites (N-methyl/N-ethyl adjacent to an activating group) is 1. The number of carbonyl (C=O) groups excluding carboxylic acids is 1. The summed E-state index contributed by atoms with van der Waals surface area (Å²) in [6.07, 6.45) is 2.13. The minimum Gasteiger partial charge on any atom is -0.497 e. The predicted molar refractivity (Wildman–Crippen MR) is 130 cm³/mol. The summed E-state index contributed by atoms with van der Waals surface area (Å²) in [5.74, 6) is 1.51. The van der Waals surface area contributed by atoms with E-state index in [1.54, 1.807) is 7.11 Å². The third kappa shape index (κ3) is 4.46. The van der Waals surface area contributed by atoms with E-state index in [0.717, 1.165) is 49.4 Å². The Morgan fingerprint density at radius 2 is 1.79 bits per heavy atom. The highest BCUT2D eigenvalue weighted by Crippen LogP contribution is 2.35. The molecule has 0 aliphatic carbocycles. The molecule has 0 unspecified atom stereocenters. The van der Waals surface area contributed by atoms with Crippen LogP contribution in [0.2, 0.25) is 0 Å². The number of aryl methyl sites for hydroxylation is 1. The first kappa shape index (κ1) is 21.5. The second-order valence-corrected chi connectivity index (χ2v) is 8.93. The minimum absolute atomic E-state index is 0.0285. The third-order valence-corrected chi connectivity index (χ3v) is 6.81. The maximum Gasteiger partial charge on any atom is 0.257 e. The van der Waals surface area contributed by atoms with E-state index in [0.29, 0.717) is 11.3 Å². The van der Waals surface area contributed by atoms with E-state index >= 15 is 0 Å². The fourth-order valence-electron chi connectivity index (χ4n) is 4.94. The molecular weight excluding hydrogens is 412 g/mol. The van der Waals surface area contributed by atoms with Gasteiger partial charge in [-0.1, -0.05) is 48.5 Å². The molecule has 5 rings (SSSR count). The van der Waals surface area contributed by atoms with Crippen molar-refractivity contribution in [3.63, 3.8) is 0 Å². The molecule has 0 radical (unpaired) electrons. The molecule has 0 bridgehead atoms. The van der Waals surface area contributed by atoms with E-state index in [1.165, 1.54) is 5.56 Å². The number of amides is 1. The first-order valence-corrected chi connectivity index (χ1v) is 11.6. The lowest BCUT2D eigenvalue weighted by molar-refractivity contribution is 0.0682. The normalized spacial score (nSPS) is 20.1. The predicted octanol–water partition coefficient (Wildman–Crippen LogP) is 4.51. The van der Waals surface area contributed by atoms with Gasteiger partial charge in [-0.05, 0) is 60.3 Å². The van der Waals surface area contributed by atoms with Crippen molar-refractivity contribution in [2.75, 3.05) is 33.8 Å². The van der Waals surface area contributed by atoms with Gasteiger partial charge in [0.05, 0.1) is 18.7 Å². The molecule has 33 heavy (non-hydrogen) atoms. The molecule has 2 aliphatic rings. The molecule has 1 fully saturated rings. The number of methoxy groups -OCH3 is 1. The average molecular weight is 443 g/mol. The van der Waals surface area contributed by atoms with Crippen molar-refractivity contribution in [3.8, 4) is 22.6 Å². The Morgan fingerprint density at radius 3 is 2.61 bits per heavy atom. The van der Waals surface area contributed by atoms with Gasteiger partial charge in [-0.3, -0.25) is 9.69 Å². The molecule has 170 valence electrons. The van der Waals surface area contributed by atoms with Gasteiger partial charge < -0.3 is 14.4 Å². The largest absolute Gasteiger partial charge is 0.497 e. The highest BCUT2D eigenvalue weighted by atomic mass is 16.5. The zero-order valence-electron chi connectivity index (χ0n) is 19.2. The van der Waals surface area contributed by atoms with Crippen LogP contribution in [0.3, 0.4) is 0 Å². The maximum absolute atomic E-state index is 13.2. The summed E-state index contributed by atoms with van der Waals surface area (Å²) in [7, 11) is 3.57. The Morgan fingerprint density at radius 1 is 0.970 bits per heavy atom. The smallest absolute Gasteiger partial charge is 0.257 e. The molecule has 1 saturated heterocycles. The van der Waals surface area contributed by atoms with Gasteiger partial charge in [-0.25, -0.2) is 0 Å². The van der Waals surface area contributed by atoms with Crippen LogP contribution in [0.1, 0.15) is 22.3 Å². The summed E-state index contributed by atoms with van der Waals surface area (Å²) < 4.78 is 11.9. The summed E-state index contributed by atoms with van der Waals surface area (Å²) in [5, 5.41) is 0. The molecular formula is C28H30N2O3. The lowest BCUT2D eigenvalue weighted by Crippen LogP contribution is -2.44. The Hall–Kier alpha value is -3.31. The Kier molecular flexibility index (Phi) is 6.05. The van der Waals surface area contributed by atoms with Crippen molar-refractivity contribution in [1.82, 2.24) is 9.80 Å². The van der Waals surface area contributed by atoms with Crippen LogP contribution >= 0.6 is 0 Å². The van der Waals surface area contributed by atoms with Gasteiger partial charge in [0.1, 0.15) is 17.6 Å². The molecule has 3 aromatic carbocycles. The van der Waals surface area contributed by atoms with E-state index in [4.69, 9.17) is 9.47 Å². The Bertz CT molecular complexity index is 1130. The fourth-order valence-corrected chi connectivity index (χ4v) is 4.94. The fraction of sp³-hybridized carbons (Fsp3) is 0.321. The molecule has 2 aliphatic heterocycles. The number of hydrogen-bond acceptors (Lipinski definition) is 4. The average Bonchev–Trinajstić information content (AvgIpc) is 3.22. The summed E-state index contributed by atoms with van der Waals surface area (Å²) in [6, 6.07) is 24.5. The van der Waals surface area contributed by atoms with Crippen LogP contribution in [0.5, 0.6) is 11.5 Å². The lowest BCUT2D eigenvalue weighted by atomic mass is 10.0. The first-order chi connectivity index (χ1) is 16.1. The second-order valence-electron chi connectivity index (χ2n) is 8.93. The standard InChI is InChI=1S/C28H30N2O3/c1-29-25-18-30(15-7-10-20-8-4-3-5-9-20)19-27(25)33-26-17-22(13-14-24(26)28(29)31)21-11-6-12-23(16-21)32-2/h3-6,8-9,11-14,16-17,25,27H,7,10,15,18-19H2,1-2H3/t25-,27+/m1/s1. The van der Waals surface area contributed by atoms with Crippen LogP contribution in [0, 0.1) is 0 Å². The zero-order chi connectivity index (χ0) is 22.8.